The molecule has 0 amide bonds. The number of hydrogen-bond acceptors (Lipinski definition) is 10. The smallest absolute Gasteiger partial charge is 0.462 e. The van der Waals surface area contributed by atoms with E-state index in [1.807, 2.05) is 12.2 Å². The molecule has 0 aromatic rings. The van der Waals surface area contributed by atoms with Crippen molar-refractivity contribution in [2.75, 3.05) is 26.4 Å². The van der Waals surface area contributed by atoms with E-state index in [9.17, 15) is 29.3 Å². The number of esters is 2. The molecule has 55 heavy (non-hydrogen) atoms. The second-order valence-corrected chi connectivity index (χ2v) is 16.1. The number of allylic oxidation sites excluding steroid dienone is 7. The third-order valence-corrected chi connectivity index (χ3v) is 9.72. The quantitative estimate of drug-likeness (QED) is 0.0154. The molecule has 320 valence electrons. The topological polar surface area (TPSA) is 169 Å². The molecule has 11 nitrogen and oxygen atoms in total. The van der Waals surface area contributed by atoms with E-state index in [2.05, 4.69) is 49.6 Å². The number of hydrogen-bond donors (Lipinski definition) is 4. The molecule has 0 heterocycles. The number of rotatable bonds is 38. The fraction of sp³-hybridized carbons (Fsp3) is 0.767. The number of carbonyl (C=O) groups excluding carboxylic acids is 2. The van der Waals surface area contributed by atoms with Crippen LogP contribution in [0, 0.1) is 5.92 Å². The van der Waals surface area contributed by atoms with Crippen molar-refractivity contribution in [1.29, 1.82) is 0 Å². The molecule has 0 rings (SSSR count). The van der Waals surface area contributed by atoms with Crippen LogP contribution in [0.4, 0.5) is 0 Å². The number of aliphatic hydroxyl groups is 3. The van der Waals surface area contributed by atoms with Crippen molar-refractivity contribution in [1.82, 2.24) is 0 Å². The molecule has 1 unspecified atom stereocenters. The average Bonchev–Trinajstić information content (AvgIpc) is 3.15. The van der Waals surface area contributed by atoms with Gasteiger partial charge < -0.3 is 29.7 Å². The Balaban J connectivity index is 4.51. The van der Waals surface area contributed by atoms with Gasteiger partial charge in [-0.15, -0.1) is 0 Å². The lowest BCUT2D eigenvalue weighted by atomic mass is 10.0. The maximum atomic E-state index is 12.6. The van der Waals surface area contributed by atoms with Crippen molar-refractivity contribution in [2.45, 2.75) is 180 Å². The number of unbranched alkanes of at least 4 members (excludes halogenated alkanes) is 13. The van der Waals surface area contributed by atoms with Crippen LogP contribution < -0.4 is 0 Å². The molecule has 4 atom stereocenters. The van der Waals surface area contributed by atoms with Gasteiger partial charge in [0.05, 0.1) is 25.9 Å². The van der Waals surface area contributed by atoms with Crippen LogP contribution in [-0.4, -0.2) is 76.9 Å². The van der Waals surface area contributed by atoms with E-state index < -0.39 is 64.5 Å². The van der Waals surface area contributed by atoms with E-state index in [4.69, 9.17) is 19.1 Å². The van der Waals surface area contributed by atoms with Crippen molar-refractivity contribution in [3.63, 3.8) is 0 Å². The van der Waals surface area contributed by atoms with Gasteiger partial charge in [0, 0.05) is 12.8 Å². The molecular weight excluding hydrogens is 723 g/mol. The Morgan fingerprint density at radius 3 is 1.87 bits per heavy atom. The van der Waals surface area contributed by atoms with Crippen LogP contribution in [-0.2, 0) is 32.7 Å². The standard InChI is InChI=1S/C43H77O11P/c1-4-5-6-7-8-9-10-11-14-17-20-23-26-30-39(45)31-28-33-42(47)51-36-41(37-53-55(49,50)52-35-40(46)34-44)54-43(48)32-27-24-21-18-15-12-13-16-19-22-25-29-38(2)3/h8-9,11,14,20,23,26,30,38-41,44-46H,4-7,10,12-13,15-19,21-22,24-25,27-29,31-37H2,1-3H3,(H,49,50)/b9-8-,14-11-,23-20-,30-26+/t39-,40+,41-/m1/s1. The highest BCUT2D eigenvalue weighted by molar-refractivity contribution is 7.47. The van der Waals surface area contributed by atoms with Gasteiger partial charge in [0.15, 0.2) is 6.10 Å². The number of carbonyl (C=O) groups is 2. The molecule has 0 aliphatic heterocycles. The molecule has 4 N–H and O–H groups in total. The zero-order chi connectivity index (χ0) is 40.8. The number of phosphoric ester groups is 1. The molecule has 0 spiro atoms. The predicted molar refractivity (Wildman–Crippen MR) is 220 cm³/mol. The van der Waals surface area contributed by atoms with Gasteiger partial charge in [-0.1, -0.05) is 153 Å². The molecule has 0 saturated heterocycles. The third-order valence-electron chi connectivity index (χ3n) is 8.77. The van der Waals surface area contributed by atoms with Gasteiger partial charge in [0.2, 0.25) is 0 Å². The van der Waals surface area contributed by atoms with Crippen molar-refractivity contribution >= 4 is 19.8 Å². The van der Waals surface area contributed by atoms with Gasteiger partial charge in [-0.05, 0) is 50.9 Å². The second-order valence-electron chi connectivity index (χ2n) is 14.7. The maximum Gasteiger partial charge on any atom is 0.472 e. The Bertz CT molecular complexity index is 1090. The Hall–Kier alpha value is -2.11. The van der Waals surface area contributed by atoms with Gasteiger partial charge in [-0.25, -0.2) is 4.57 Å². The zero-order valence-corrected chi connectivity index (χ0v) is 35.3. The number of phosphoric acid groups is 1. The highest BCUT2D eigenvalue weighted by atomic mass is 31.2. The van der Waals surface area contributed by atoms with Crippen LogP contribution in [0.2, 0.25) is 0 Å². The van der Waals surface area contributed by atoms with Crippen LogP contribution in [0.25, 0.3) is 0 Å². The lowest BCUT2D eigenvalue weighted by Gasteiger charge is -2.20. The lowest BCUT2D eigenvalue weighted by Crippen LogP contribution is -2.30. The molecule has 0 aliphatic rings. The van der Waals surface area contributed by atoms with Gasteiger partial charge >= 0.3 is 19.8 Å². The Kier molecular flexibility index (Phi) is 36.0. The first-order chi connectivity index (χ1) is 26.5. The summed E-state index contributed by atoms with van der Waals surface area (Å²) >= 11 is 0. The van der Waals surface area contributed by atoms with E-state index in [1.165, 1.54) is 70.6 Å². The maximum absolute atomic E-state index is 12.6. The molecule has 0 aromatic heterocycles. The van der Waals surface area contributed by atoms with Crippen molar-refractivity contribution in [2.24, 2.45) is 5.92 Å². The van der Waals surface area contributed by atoms with Crippen LogP contribution in [0.1, 0.15) is 162 Å². The van der Waals surface area contributed by atoms with E-state index in [0.29, 0.717) is 19.3 Å². The summed E-state index contributed by atoms with van der Waals surface area (Å²) in [5, 5.41) is 28.5. The fourth-order valence-corrected chi connectivity index (χ4v) is 6.25. The normalized spacial score (nSPS) is 15.1. The monoisotopic (exact) mass is 801 g/mol. The molecule has 12 heteroatoms. The van der Waals surface area contributed by atoms with Crippen LogP contribution >= 0.6 is 7.82 Å². The minimum atomic E-state index is -4.66. The Labute approximate surface area is 333 Å². The number of aliphatic hydroxyl groups excluding tert-OH is 3. The van der Waals surface area contributed by atoms with Gasteiger partial charge in [-0.2, -0.15) is 0 Å². The van der Waals surface area contributed by atoms with Gasteiger partial charge in [-0.3, -0.25) is 18.6 Å². The molecule has 0 bridgehead atoms. The lowest BCUT2D eigenvalue weighted by molar-refractivity contribution is -0.161. The van der Waals surface area contributed by atoms with E-state index >= 15 is 0 Å². The number of ether oxygens (including phenoxy) is 2. The van der Waals surface area contributed by atoms with Crippen LogP contribution in [0.5, 0.6) is 0 Å². The van der Waals surface area contributed by atoms with Gasteiger partial charge in [0.25, 0.3) is 0 Å². The first kappa shape index (κ1) is 52.9. The van der Waals surface area contributed by atoms with Crippen molar-refractivity contribution < 1.29 is 52.9 Å². The average molecular weight is 801 g/mol. The molecular formula is C43H77O11P. The minimum Gasteiger partial charge on any atom is -0.462 e. The van der Waals surface area contributed by atoms with E-state index in [1.54, 1.807) is 12.2 Å². The highest BCUT2D eigenvalue weighted by Crippen LogP contribution is 2.43. The Morgan fingerprint density at radius 2 is 1.24 bits per heavy atom. The summed E-state index contributed by atoms with van der Waals surface area (Å²) in [7, 11) is -4.66. The predicted octanol–water partition coefficient (Wildman–Crippen LogP) is 9.77. The molecule has 0 saturated carbocycles. The third kappa shape index (κ3) is 38.5. The van der Waals surface area contributed by atoms with Crippen LogP contribution in [0.15, 0.2) is 48.6 Å². The van der Waals surface area contributed by atoms with E-state index in [-0.39, 0.29) is 12.8 Å². The SMILES string of the molecule is CCCCC/C=C\C/C=C\C/C=C\C=C\[C@@H](O)CCCC(=O)OC[C@H](COP(=O)(O)OC[C@@H](O)CO)OC(=O)CCCCCCCCCCCCCC(C)C. The largest absolute Gasteiger partial charge is 0.472 e. The summed E-state index contributed by atoms with van der Waals surface area (Å²) < 4.78 is 32.5. The van der Waals surface area contributed by atoms with Gasteiger partial charge in [0.1, 0.15) is 12.7 Å². The summed E-state index contributed by atoms with van der Waals surface area (Å²) in [4.78, 5) is 35.0. The summed E-state index contributed by atoms with van der Waals surface area (Å²) in [5.41, 5.74) is 0. The summed E-state index contributed by atoms with van der Waals surface area (Å²) in [6.45, 7) is 4.43. The summed E-state index contributed by atoms with van der Waals surface area (Å²) in [6, 6.07) is 0. The minimum absolute atomic E-state index is 0.0130. The van der Waals surface area contributed by atoms with E-state index in [0.717, 1.165) is 44.4 Å². The van der Waals surface area contributed by atoms with Crippen molar-refractivity contribution in [3.8, 4) is 0 Å². The van der Waals surface area contributed by atoms with Crippen molar-refractivity contribution in [3.05, 3.63) is 48.6 Å². The first-order valence-corrected chi connectivity index (χ1v) is 22.6. The Morgan fingerprint density at radius 1 is 0.655 bits per heavy atom. The second kappa shape index (κ2) is 37.5. The molecule has 0 fully saturated rings. The molecule has 0 aliphatic carbocycles. The first-order valence-electron chi connectivity index (χ1n) is 21.1. The summed E-state index contributed by atoms with van der Waals surface area (Å²) in [6.07, 6.45) is 34.0. The van der Waals surface area contributed by atoms with Crippen LogP contribution in [0.3, 0.4) is 0 Å². The fourth-order valence-electron chi connectivity index (χ4n) is 5.46. The zero-order valence-electron chi connectivity index (χ0n) is 34.4. The molecule has 0 radical (unpaired) electrons. The summed E-state index contributed by atoms with van der Waals surface area (Å²) in [5.74, 6) is -0.342. The molecule has 0 aromatic carbocycles. The highest BCUT2D eigenvalue weighted by Gasteiger charge is 2.27.